The maximum atomic E-state index is 9.13. The van der Waals surface area contributed by atoms with Gasteiger partial charge < -0.3 is 20.1 Å². The molecule has 104 valence electrons. The summed E-state index contributed by atoms with van der Waals surface area (Å²) in [5.74, 6) is 0.651. The Morgan fingerprint density at radius 1 is 1.42 bits per heavy atom. The largest absolute Gasteiger partial charge is 0.486 e. The van der Waals surface area contributed by atoms with Crippen molar-refractivity contribution in [1.82, 2.24) is 0 Å². The standard InChI is InChI=1S/C13H19N3O2S/c1-9(2)18-12-11(15)10(8-14)19-13(12)16-4-3-6-17-7-5-16/h9H,3-7,15H2,1-2H3. The average molecular weight is 281 g/mol. The number of ether oxygens (including phenoxy) is 2. The number of nitrogen functional groups attached to an aromatic ring is 1. The number of hydrogen-bond acceptors (Lipinski definition) is 6. The van der Waals surface area contributed by atoms with Gasteiger partial charge in [0.2, 0.25) is 0 Å². The van der Waals surface area contributed by atoms with Gasteiger partial charge in [-0.15, -0.1) is 11.3 Å². The lowest BCUT2D eigenvalue weighted by atomic mass is 10.3. The zero-order valence-corrected chi connectivity index (χ0v) is 12.1. The first-order valence-electron chi connectivity index (χ1n) is 6.45. The van der Waals surface area contributed by atoms with Gasteiger partial charge in [0.25, 0.3) is 0 Å². The minimum absolute atomic E-state index is 0.0328. The Morgan fingerprint density at radius 3 is 2.89 bits per heavy atom. The molecule has 0 aromatic carbocycles. The van der Waals surface area contributed by atoms with E-state index in [1.807, 2.05) is 13.8 Å². The first-order valence-corrected chi connectivity index (χ1v) is 7.26. The zero-order chi connectivity index (χ0) is 13.8. The molecule has 1 saturated heterocycles. The van der Waals surface area contributed by atoms with E-state index in [1.165, 1.54) is 11.3 Å². The van der Waals surface area contributed by atoms with Gasteiger partial charge in [-0.3, -0.25) is 0 Å². The van der Waals surface area contributed by atoms with Crippen LogP contribution < -0.4 is 15.4 Å². The van der Waals surface area contributed by atoms with Gasteiger partial charge in [0, 0.05) is 19.7 Å². The summed E-state index contributed by atoms with van der Waals surface area (Å²) < 4.78 is 11.3. The highest BCUT2D eigenvalue weighted by Crippen LogP contribution is 2.45. The molecule has 2 rings (SSSR count). The van der Waals surface area contributed by atoms with Crippen LogP contribution in [0.4, 0.5) is 10.7 Å². The number of nitriles is 1. The molecule has 1 aliphatic heterocycles. The fourth-order valence-electron chi connectivity index (χ4n) is 2.01. The van der Waals surface area contributed by atoms with E-state index < -0.39 is 0 Å². The van der Waals surface area contributed by atoms with E-state index >= 15 is 0 Å². The van der Waals surface area contributed by atoms with Crippen LogP contribution in [0.15, 0.2) is 0 Å². The molecule has 0 spiro atoms. The summed E-state index contributed by atoms with van der Waals surface area (Å²) >= 11 is 1.40. The number of hydrogen-bond donors (Lipinski definition) is 1. The summed E-state index contributed by atoms with van der Waals surface area (Å²) in [6.45, 7) is 7.10. The highest BCUT2D eigenvalue weighted by Gasteiger charge is 2.23. The van der Waals surface area contributed by atoms with E-state index in [9.17, 15) is 0 Å². The normalized spacial score (nSPS) is 16.2. The number of nitrogens with two attached hydrogens (primary N) is 1. The second kappa shape index (κ2) is 6.13. The lowest BCUT2D eigenvalue weighted by Crippen LogP contribution is -2.25. The molecule has 0 aliphatic carbocycles. The molecular weight excluding hydrogens is 262 g/mol. The highest BCUT2D eigenvalue weighted by atomic mass is 32.1. The maximum absolute atomic E-state index is 9.13. The summed E-state index contributed by atoms with van der Waals surface area (Å²) in [5.41, 5.74) is 6.47. The van der Waals surface area contributed by atoms with Gasteiger partial charge in [-0.2, -0.15) is 5.26 Å². The molecule has 0 unspecified atom stereocenters. The van der Waals surface area contributed by atoms with Crippen LogP contribution in [0.1, 0.15) is 25.1 Å². The van der Waals surface area contributed by atoms with Crippen molar-refractivity contribution in [2.45, 2.75) is 26.4 Å². The summed E-state index contributed by atoms with van der Waals surface area (Å²) in [4.78, 5) is 2.72. The molecule has 0 saturated carbocycles. The van der Waals surface area contributed by atoms with Gasteiger partial charge in [-0.25, -0.2) is 0 Å². The van der Waals surface area contributed by atoms with E-state index in [1.54, 1.807) is 0 Å². The van der Waals surface area contributed by atoms with Crippen LogP contribution in [0.2, 0.25) is 0 Å². The lowest BCUT2D eigenvalue weighted by molar-refractivity contribution is 0.152. The Morgan fingerprint density at radius 2 is 2.21 bits per heavy atom. The maximum Gasteiger partial charge on any atom is 0.178 e. The van der Waals surface area contributed by atoms with E-state index in [-0.39, 0.29) is 6.10 Å². The molecule has 0 bridgehead atoms. The Hall–Kier alpha value is -1.45. The first kappa shape index (κ1) is 14.0. The highest BCUT2D eigenvalue weighted by molar-refractivity contribution is 7.17. The third-order valence-electron chi connectivity index (χ3n) is 2.85. The molecule has 5 nitrogen and oxygen atoms in total. The topological polar surface area (TPSA) is 71.5 Å². The van der Waals surface area contributed by atoms with Crippen molar-refractivity contribution in [2.24, 2.45) is 0 Å². The Balaban J connectivity index is 2.34. The first-order chi connectivity index (χ1) is 9.13. The van der Waals surface area contributed by atoms with E-state index in [0.29, 0.717) is 22.9 Å². The van der Waals surface area contributed by atoms with Crippen molar-refractivity contribution in [1.29, 1.82) is 5.26 Å². The minimum Gasteiger partial charge on any atom is -0.486 e. The molecule has 0 amide bonds. The Kier molecular flexibility index (Phi) is 4.51. The van der Waals surface area contributed by atoms with E-state index in [2.05, 4.69) is 11.0 Å². The van der Waals surface area contributed by atoms with Gasteiger partial charge in [-0.1, -0.05) is 0 Å². The van der Waals surface area contributed by atoms with Crippen molar-refractivity contribution in [2.75, 3.05) is 36.9 Å². The van der Waals surface area contributed by atoms with E-state index in [0.717, 1.165) is 31.1 Å². The lowest BCUT2D eigenvalue weighted by Gasteiger charge is -2.22. The smallest absolute Gasteiger partial charge is 0.178 e. The van der Waals surface area contributed by atoms with Crippen molar-refractivity contribution < 1.29 is 9.47 Å². The molecule has 6 heteroatoms. The van der Waals surface area contributed by atoms with Gasteiger partial charge >= 0.3 is 0 Å². The second-order valence-electron chi connectivity index (χ2n) is 4.71. The summed E-state index contributed by atoms with van der Waals surface area (Å²) in [7, 11) is 0. The molecule has 0 atom stereocenters. The van der Waals surface area contributed by atoms with Crippen LogP contribution in [0.3, 0.4) is 0 Å². The number of anilines is 2. The molecule has 1 aliphatic rings. The van der Waals surface area contributed by atoms with Crippen LogP contribution in [0.5, 0.6) is 5.75 Å². The second-order valence-corrected chi connectivity index (χ2v) is 5.71. The van der Waals surface area contributed by atoms with Gasteiger partial charge in [-0.05, 0) is 20.3 Å². The van der Waals surface area contributed by atoms with E-state index in [4.69, 9.17) is 20.5 Å². The fraction of sp³-hybridized carbons (Fsp3) is 0.615. The van der Waals surface area contributed by atoms with Crippen molar-refractivity contribution in [3.63, 3.8) is 0 Å². The third kappa shape index (κ3) is 3.11. The van der Waals surface area contributed by atoms with Crippen LogP contribution in [0, 0.1) is 11.3 Å². The molecule has 1 fully saturated rings. The van der Waals surface area contributed by atoms with Gasteiger partial charge in [0.15, 0.2) is 5.75 Å². The van der Waals surface area contributed by atoms with Crippen LogP contribution in [-0.2, 0) is 4.74 Å². The SMILES string of the molecule is CC(C)Oc1c(N2CCCOCC2)sc(C#N)c1N. The van der Waals surface area contributed by atoms with Gasteiger partial charge in [0.1, 0.15) is 21.6 Å². The third-order valence-corrected chi connectivity index (χ3v) is 4.00. The van der Waals surface area contributed by atoms with Crippen LogP contribution in [-0.4, -0.2) is 32.4 Å². The fourth-order valence-corrected chi connectivity index (χ4v) is 3.01. The summed E-state index contributed by atoms with van der Waals surface area (Å²) in [6, 6.07) is 2.14. The summed E-state index contributed by atoms with van der Waals surface area (Å²) in [6.07, 6.45) is 1.01. The zero-order valence-electron chi connectivity index (χ0n) is 11.3. The average Bonchev–Trinajstić information content (AvgIpc) is 2.60. The van der Waals surface area contributed by atoms with Gasteiger partial charge in [0.05, 0.1) is 12.7 Å². The predicted molar refractivity (Wildman–Crippen MR) is 76.9 cm³/mol. The summed E-state index contributed by atoms with van der Waals surface area (Å²) in [5, 5.41) is 10.1. The number of nitrogens with zero attached hydrogens (tertiary/aromatic N) is 2. The number of thiophene rings is 1. The number of rotatable bonds is 3. The van der Waals surface area contributed by atoms with Crippen molar-refractivity contribution in [3.05, 3.63) is 4.88 Å². The molecule has 1 aromatic heterocycles. The molecule has 1 aromatic rings. The molecule has 19 heavy (non-hydrogen) atoms. The molecule has 0 radical (unpaired) electrons. The molecule has 2 heterocycles. The monoisotopic (exact) mass is 281 g/mol. The van der Waals surface area contributed by atoms with Crippen LogP contribution in [0.25, 0.3) is 0 Å². The Labute approximate surface area is 117 Å². The quantitative estimate of drug-likeness (QED) is 0.919. The van der Waals surface area contributed by atoms with Crippen LogP contribution >= 0.6 is 11.3 Å². The minimum atomic E-state index is 0.0328. The van der Waals surface area contributed by atoms with Crippen molar-refractivity contribution in [3.8, 4) is 11.8 Å². The Bertz CT molecular complexity index is 471. The predicted octanol–water partition coefficient (Wildman–Crippen LogP) is 2.22. The molecular formula is C13H19N3O2S. The van der Waals surface area contributed by atoms with Crippen molar-refractivity contribution >= 4 is 22.0 Å². The molecule has 2 N–H and O–H groups in total.